The van der Waals surface area contributed by atoms with E-state index in [-0.39, 0.29) is 5.91 Å². The lowest BCUT2D eigenvalue weighted by molar-refractivity contribution is 0.0601. The third-order valence-corrected chi connectivity index (χ3v) is 5.31. The van der Waals surface area contributed by atoms with E-state index in [1.807, 2.05) is 24.0 Å². The summed E-state index contributed by atoms with van der Waals surface area (Å²) in [5.74, 6) is 1.45. The predicted molar refractivity (Wildman–Crippen MR) is 110 cm³/mol. The highest BCUT2D eigenvalue weighted by Gasteiger charge is 2.28. The van der Waals surface area contributed by atoms with Crippen molar-refractivity contribution in [3.05, 3.63) is 47.4 Å². The SMILES string of the molecule is CCC1CCCCN1C(=O)c1cc(N(CC)c2cccc(C)c2)nc(C)n1. The summed E-state index contributed by atoms with van der Waals surface area (Å²) in [6.07, 6.45) is 4.35. The maximum atomic E-state index is 13.2. The second-order valence-corrected chi connectivity index (χ2v) is 7.30. The van der Waals surface area contributed by atoms with Crippen molar-refractivity contribution in [3.8, 4) is 0 Å². The van der Waals surface area contributed by atoms with Gasteiger partial charge in [0.15, 0.2) is 0 Å². The molecule has 0 aliphatic carbocycles. The summed E-state index contributed by atoms with van der Waals surface area (Å²) >= 11 is 0. The molecular weight excluding hydrogens is 336 g/mol. The van der Waals surface area contributed by atoms with Crippen molar-refractivity contribution < 1.29 is 4.79 Å². The molecule has 5 nitrogen and oxygen atoms in total. The first kappa shape index (κ1) is 19.3. The van der Waals surface area contributed by atoms with Crippen LogP contribution in [-0.2, 0) is 0 Å². The highest BCUT2D eigenvalue weighted by Crippen LogP contribution is 2.26. The molecule has 1 aromatic carbocycles. The molecule has 5 heteroatoms. The van der Waals surface area contributed by atoms with Crippen LogP contribution in [0.1, 0.15) is 61.4 Å². The molecule has 1 fully saturated rings. The highest BCUT2D eigenvalue weighted by molar-refractivity contribution is 5.93. The molecule has 1 amide bonds. The van der Waals surface area contributed by atoms with Gasteiger partial charge in [0.1, 0.15) is 17.3 Å². The molecule has 1 saturated heterocycles. The fourth-order valence-electron chi connectivity index (χ4n) is 3.91. The maximum Gasteiger partial charge on any atom is 0.272 e. The first-order chi connectivity index (χ1) is 13.0. The van der Waals surface area contributed by atoms with Crippen LogP contribution in [0.3, 0.4) is 0 Å². The minimum absolute atomic E-state index is 0.0357. The van der Waals surface area contributed by atoms with Gasteiger partial charge < -0.3 is 9.80 Å². The number of nitrogens with zero attached hydrogens (tertiary/aromatic N) is 4. The average molecular weight is 367 g/mol. The molecule has 2 heterocycles. The monoisotopic (exact) mass is 366 g/mol. The number of hydrogen-bond acceptors (Lipinski definition) is 4. The number of piperidine rings is 1. The standard InChI is InChI=1S/C22H30N4O/c1-5-18-11-7-8-13-26(18)22(27)20-15-21(24-17(4)23-20)25(6-2)19-12-9-10-16(3)14-19/h9-10,12,14-15,18H,5-8,11,13H2,1-4H3. The average Bonchev–Trinajstić information content (AvgIpc) is 2.67. The second kappa shape index (κ2) is 8.51. The third-order valence-electron chi connectivity index (χ3n) is 5.31. The summed E-state index contributed by atoms with van der Waals surface area (Å²) in [5, 5.41) is 0. The van der Waals surface area contributed by atoms with E-state index in [2.05, 4.69) is 53.8 Å². The largest absolute Gasteiger partial charge is 0.334 e. The summed E-state index contributed by atoms with van der Waals surface area (Å²) in [4.78, 5) is 26.4. The number of aryl methyl sites for hydroxylation is 2. The number of amides is 1. The van der Waals surface area contributed by atoms with Crippen LogP contribution in [0, 0.1) is 13.8 Å². The predicted octanol–water partition coefficient (Wildman–Crippen LogP) is 4.66. The molecule has 3 rings (SSSR count). The molecule has 0 bridgehead atoms. The number of carbonyl (C=O) groups is 1. The van der Waals surface area contributed by atoms with Gasteiger partial charge in [0.25, 0.3) is 5.91 Å². The lowest BCUT2D eigenvalue weighted by Crippen LogP contribution is -2.43. The van der Waals surface area contributed by atoms with E-state index < -0.39 is 0 Å². The lowest BCUT2D eigenvalue weighted by atomic mass is 9.99. The molecule has 0 N–H and O–H groups in total. The van der Waals surface area contributed by atoms with Crippen LogP contribution in [-0.4, -0.2) is 39.9 Å². The molecule has 0 spiro atoms. The molecule has 1 unspecified atom stereocenters. The van der Waals surface area contributed by atoms with Gasteiger partial charge in [0.2, 0.25) is 0 Å². The van der Waals surface area contributed by atoms with Crippen LogP contribution in [0.15, 0.2) is 30.3 Å². The number of carbonyl (C=O) groups excluding carboxylic acids is 1. The van der Waals surface area contributed by atoms with Gasteiger partial charge in [0, 0.05) is 30.9 Å². The Morgan fingerprint density at radius 1 is 1.19 bits per heavy atom. The summed E-state index contributed by atoms with van der Waals surface area (Å²) in [5.41, 5.74) is 2.79. The number of anilines is 2. The Balaban J connectivity index is 1.94. The molecule has 1 aromatic heterocycles. The summed E-state index contributed by atoms with van der Waals surface area (Å²) in [6.45, 7) is 9.79. The van der Waals surface area contributed by atoms with Gasteiger partial charge in [-0.15, -0.1) is 0 Å². The third kappa shape index (κ3) is 4.29. The van der Waals surface area contributed by atoms with Gasteiger partial charge in [0.05, 0.1) is 0 Å². The fourth-order valence-corrected chi connectivity index (χ4v) is 3.91. The Hall–Kier alpha value is -2.43. The Bertz CT molecular complexity index is 805. The zero-order chi connectivity index (χ0) is 19.4. The van der Waals surface area contributed by atoms with Gasteiger partial charge in [-0.25, -0.2) is 9.97 Å². The maximum absolute atomic E-state index is 13.2. The van der Waals surface area contributed by atoms with Gasteiger partial charge in [-0.1, -0.05) is 19.1 Å². The summed E-state index contributed by atoms with van der Waals surface area (Å²) in [7, 11) is 0. The van der Waals surface area contributed by atoms with E-state index in [1.54, 1.807) is 0 Å². The number of hydrogen-bond donors (Lipinski definition) is 0. The first-order valence-electron chi connectivity index (χ1n) is 10.0. The molecule has 1 aliphatic heterocycles. The van der Waals surface area contributed by atoms with Crippen LogP contribution in [0.2, 0.25) is 0 Å². The molecule has 27 heavy (non-hydrogen) atoms. The molecule has 0 saturated carbocycles. The van der Waals surface area contributed by atoms with E-state index in [4.69, 9.17) is 0 Å². The van der Waals surface area contributed by atoms with Gasteiger partial charge in [-0.05, 0) is 64.2 Å². The van der Waals surface area contributed by atoms with E-state index in [0.29, 0.717) is 17.6 Å². The Labute approximate surface area is 162 Å². The second-order valence-electron chi connectivity index (χ2n) is 7.30. The number of aromatic nitrogens is 2. The molecular formula is C22H30N4O. The summed E-state index contributed by atoms with van der Waals surface area (Å²) in [6, 6.07) is 10.5. The van der Waals surface area contributed by atoms with Crippen molar-refractivity contribution in [1.29, 1.82) is 0 Å². The minimum Gasteiger partial charge on any atom is -0.334 e. The molecule has 2 aromatic rings. The van der Waals surface area contributed by atoms with Crippen LogP contribution >= 0.6 is 0 Å². The van der Waals surface area contributed by atoms with Crippen molar-refractivity contribution in [2.45, 2.75) is 59.4 Å². The quantitative estimate of drug-likeness (QED) is 0.772. The Kier molecular flexibility index (Phi) is 6.09. The zero-order valence-electron chi connectivity index (χ0n) is 16.9. The van der Waals surface area contributed by atoms with E-state index >= 15 is 0 Å². The normalized spacial score (nSPS) is 17.0. The van der Waals surface area contributed by atoms with Crippen LogP contribution in [0.25, 0.3) is 0 Å². The van der Waals surface area contributed by atoms with Crippen LogP contribution in [0.5, 0.6) is 0 Å². The smallest absolute Gasteiger partial charge is 0.272 e. The van der Waals surface area contributed by atoms with Gasteiger partial charge in [-0.2, -0.15) is 0 Å². The number of benzene rings is 1. The van der Waals surface area contributed by atoms with Crippen molar-refractivity contribution in [1.82, 2.24) is 14.9 Å². The topological polar surface area (TPSA) is 49.3 Å². The molecule has 144 valence electrons. The van der Waals surface area contributed by atoms with E-state index in [9.17, 15) is 4.79 Å². The van der Waals surface area contributed by atoms with Crippen molar-refractivity contribution in [2.24, 2.45) is 0 Å². The van der Waals surface area contributed by atoms with Gasteiger partial charge in [-0.3, -0.25) is 4.79 Å². The highest BCUT2D eigenvalue weighted by atomic mass is 16.2. The molecule has 1 atom stereocenters. The Morgan fingerprint density at radius 2 is 2.00 bits per heavy atom. The first-order valence-corrected chi connectivity index (χ1v) is 10.0. The van der Waals surface area contributed by atoms with Crippen LogP contribution in [0.4, 0.5) is 11.5 Å². The Morgan fingerprint density at radius 3 is 2.70 bits per heavy atom. The van der Waals surface area contributed by atoms with E-state index in [1.165, 1.54) is 12.0 Å². The molecule has 0 radical (unpaired) electrons. The van der Waals surface area contributed by atoms with Crippen molar-refractivity contribution in [2.75, 3.05) is 18.0 Å². The summed E-state index contributed by atoms with van der Waals surface area (Å²) < 4.78 is 0. The minimum atomic E-state index is 0.0357. The van der Waals surface area contributed by atoms with Crippen LogP contribution < -0.4 is 4.90 Å². The molecule has 1 aliphatic rings. The number of likely N-dealkylation sites (tertiary alicyclic amines) is 1. The van der Waals surface area contributed by atoms with Crippen molar-refractivity contribution >= 4 is 17.4 Å². The lowest BCUT2D eigenvalue weighted by Gasteiger charge is -2.35. The van der Waals surface area contributed by atoms with Crippen molar-refractivity contribution in [3.63, 3.8) is 0 Å². The number of rotatable bonds is 5. The van der Waals surface area contributed by atoms with Gasteiger partial charge >= 0.3 is 0 Å². The fraction of sp³-hybridized carbons (Fsp3) is 0.500. The zero-order valence-corrected chi connectivity index (χ0v) is 16.9. The van der Waals surface area contributed by atoms with E-state index in [0.717, 1.165) is 43.9 Å².